The van der Waals surface area contributed by atoms with Crippen LogP contribution in [0.4, 0.5) is 11.4 Å². The van der Waals surface area contributed by atoms with Crippen molar-refractivity contribution in [3.05, 3.63) is 18.2 Å². The van der Waals surface area contributed by atoms with Crippen LogP contribution in [-0.2, 0) is 9.59 Å². The van der Waals surface area contributed by atoms with Gasteiger partial charge in [-0.05, 0) is 58.4 Å². The summed E-state index contributed by atoms with van der Waals surface area (Å²) in [6.45, 7) is 6.91. The van der Waals surface area contributed by atoms with Crippen molar-refractivity contribution in [1.82, 2.24) is 4.90 Å². The second-order valence-electron chi connectivity index (χ2n) is 6.79. The smallest absolute Gasteiger partial charge is 0.265 e. The molecule has 1 fully saturated rings. The van der Waals surface area contributed by atoms with Crippen LogP contribution in [0.3, 0.4) is 0 Å². The zero-order chi connectivity index (χ0) is 17.3. The van der Waals surface area contributed by atoms with E-state index >= 15 is 0 Å². The summed E-state index contributed by atoms with van der Waals surface area (Å²) in [5.74, 6) is 0.464. The van der Waals surface area contributed by atoms with E-state index in [-0.39, 0.29) is 17.9 Å². The van der Waals surface area contributed by atoms with Gasteiger partial charge in [-0.2, -0.15) is 0 Å². The Morgan fingerprint density at radius 1 is 1.38 bits per heavy atom. The van der Waals surface area contributed by atoms with Crippen molar-refractivity contribution in [2.75, 3.05) is 17.2 Å². The number of anilines is 2. The van der Waals surface area contributed by atoms with E-state index in [1.165, 1.54) is 0 Å². The van der Waals surface area contributed by atoms with Crippen molar-refractivity contribution in [3.63, 3.8) is 0 Å². The summed E-state index contributed by atoms with van der Waals surface area (Å²) < 4.78 is 5.54. The third-order valence-corrected chi connectivity index (χ3v) is 4.69. The average Bonchev–Trinajstić information content (AvgIpc) is 2.56. The van der Waals surface area contributed by atoms with Gasteiger partial charge in [-0.15, -0.1) is 0 Å². The lowest BCUT2D eigenvalue weighted by molar-refractivity contribution is -0.123. The maximum Gasteiger partial charge on any atom is 0.265 e. The molecule has 2 aliphatic heterocycles. The number of carbonyl (C=O) groups is 2. The summed E-state index contributed by atoms with van der Waals surface area (Å²) in [6, 6.07) is 5.59. The predicted molar refractivity (Wildman–Crippen MR) is 93.3 cm³/mol. The molecule has 0 saturated carbocycles. The first-order chi connectivity index (χ1) is 11.5. The molecule has 2 N–H and O–H groups in total. The SMILES string of the molecule is CC(C)N1CCCC[C@@H]1C(=O)Nc1ccc2c(c1)NC(=O)[C@H](C)O2. The highest BCUT2D eigenvalue weighted by Gasteiger charge is 2.30. The molecule has 1 saturated heterocycles. The Kier molecular flexibility index (Phi) is 4.76. The van der Waals surface area contributed by atoms with Gasteiger partial charge in [0.15, 0.2) is 6.10 Å². The lowest BCUT2D eigenvalue weighted by Gasteiger charge is -2.37. The Bertz CT molecular complexity index is 644. The second-order valence-corrected chi connectivity index (χ2v) is 6.79. The molecule has 0 spiro atoms. The van der Waals surface area contributed by atoms with E-state index < -0.39 is 6.10 Å². The van der Waals surface area contributed by atoms with Crippen LogP contribution >= 0.6 is 0 Å². The van der Waals surface area contributed by atoms with Crippen LogP contribution in [0.25, 0.3) is 0 Å². The van der Waals surface area contributed by atoms with Gasteiger partial charge in [0, 0.05) is 11.7 Å². The van der Waals surface area contributed by atoms with Crippen LogP contribution in [0.15, 0.2) is 18.2 Å². The predicted octanol–water partition coefficient (Wildman–Crippen LogP) is 2.61. The van der Waals surface area contributed by atoms with E-state index in [4.69, 9.17) is 4.74 Å². The number of hydrogen-bond acceptors (Lipinski definition) is 4. The highest BCUT2D eigenvalue weighted by molar-refractivity contribution is 6.00. The Labute approximate surface area is 142 Å². The first kappa shape index (κ1) is 16.8. The van der Waals surface area contributed by atoms with Crippen molar-refractivity contribution in [2.24, 2.45) is 0 Å². The molecule has 0 unspecified atom stereocenters. The number of nitrogens with zero attached hydrogens (tertiary/aromatic N) is 1. The largest absolute Gasteiger partial charge is 0.479 e. The molecule has 2 heterocycles. The molecule has 6 heteroatoms. The van der Waals surface area contributed by atoms with Gasteiger partial charge in [0.05, 0.1) is 11.7 Å². The number of fused-ring (bicyclic) bond motifs is 1. The van der Waals surface area contributed by atoms with E-state index in [0.29, 0.717) is 23.2 Å². The minimum Gasteiger partial charge on any atom is -0.479 e. The molecular formula is C18H25N3O3. The molecule has 2 amide bonds. The van der Waals surface area contributed by atoms with Crippen molar-refractivity contribution in [1.29, 1.82) is 0 Å². The fourth-order valence-electron chi connectivity index (χ4n) is 3.37. The minimum atomic E-state index is -0.500. The van der Waals surface area contributed by atoms with Gasteiger partial charge >= 0.3 is 0 Å². The molecule has 1 aromatic carbocycles. The molecule has 2 atom stereocenters. The van der Waals surface area contributed by atoms with Crippen LogP contribution in [0.1, 0.15) is 40.0 Å². The zero-order valence-corrected chi connectivity index (χ0v) is 14.5. The van der Waals surface area contributed by atoms with E-state index in [2.05, 4.69) is 29.4 Å². The maximum atomic E-state index is 12.7. The third-order valence-electron chi connectivity index (χ3n) is 4.69. The van der Waals surface area contributed by atoms with Gasteiger partial charge in [0.25, 0.3) is 5.91 Å². The molecule has 24 heavy (non-hydrogen) atoms. The van der Waals surface area contributed by atoms with Gasteiger partial charge in [-0.1, -0.05) is 6.42 Å². The minimum absolute atomic E-state index is 0.0137. The zero-order valence-electron chi connectivity index (χ0n) is 14.5. The normalized spacial score (nSPS) is 24.1. The summed E-state index contributed by atoms with van der Waals surface area (Å²) >= 11 is 0. The van der Waals surface area contributed by atoms with Crippen molar-refractivity contribution >= 4 is 23.2 Å². The number of amides is 2. The van der Waals surface area contributed by atoms with Gasteiger partial charge in [-0.3, -0.25) is 14.5 Å². The number of hydrogen-bond donors (Lipinski definition) is 2. The summed E-state index contributed by atoms with van der Waals surface area (Å²) in [5, 5.41) is 5.79. The Balaban J connectivity index is 1.73. The molecule has 3 rings (SSSR count). The molecule has 0 radical (unpaired) electrons. The number of nitrogens with one attached hydrogen (secondary N) is 2. The standard InChI is InChI=1S/C18H25N3O3/c1-11(2)21-9-5-4-6-15(21)18(23)19-13-7-8-16-14(10-13)20-17(22)12(3)24-16/h7-8,10-12,15H,4-6,9H2,1-3H3,(H,19,23)(H,20,22)/t12-,15+/m0/s1. The molecule has 130 valence electrons. The topological polar surface area (TPSA) is 70.7 Å². The summed E-state index contributed by atoms with van der Waals surface area (Å²) in [4.78, 5) is 26.7. The van der Waals surface area contributed by atoms with Gasteiger partial charge in [0.1, 0.15) is 5.75 Å². The second kappa shape index (κ2) is 6.81. The molecule has 0 aromatic heterocycles. The summed E-state index contributed by atoms with van der Waals surface area (Å²) in [6.07, 6.45) is 2.60. The number of ether oxygens (including phenoxy) is 1. The van der Waals surface area contributed by atoms with Crippen LogP contribution in [0.2, 0.25) is 0 Å². The molecule has 0 aliphatic carbocycles. The van der Waals surface area contributed by atoms with Gasteiger partial charge in [0.2, 0.25) is 5.91 Å². The summed E-state index contributed by atoms with van der Waals surface area (Å²) in [7, 11) is 0. The van der Waals surface area contributed by atoms with Gasteiger partial charge < -0.3 is 15.4 Å². The monoisotopic (exact) mass is 331 g/mol. The number of piperidine rings is 1. The summed E-state index contributed by atoms with van der Waals surface area (Å²) in [5.41, 5.74) is 1.27. The van der Waals surface area contributed by atoms with Crippen LogP contribution in [0, 0.1) is 0 Å². The number of likely N-dealkylation sites (tertiary alicyclic amines) is 1. The van der Waals surface area contributed by atoms with E-state index in [1.54, 1.807) is 19.1 Å². The molecule has 2 aliphatic rings. The van der Waals surface area contributed by atoms with E-state index in [9.17, 15) is 9.59 Å². The fourth-order valence-corrected chi connectivity index (χ4v) is 3.37. The van der Waals surface area contributed by atoms with Gasteiger partial charge in [-0.25, -0.2) is 0 Å². The Morgan fingerprint density at radius 2 is 2.17 bits per heavy atom. The third kappa shape index (κ3) is 3.38. The first-order valence-electron chi connectivity index (χ1n) is 8.64. The van der Waals surface area contributed by atoms with Crippen molar-refractivity contribution < 1.29 is 14.3 Å². The highest BCUT2D eigenvalue weighted by atomic mass is 16.5. The highest BCUT2D eigenvalue weighted by Crippen LogP contribution is 2.32. The van der Waals surface area contributed by atoms with Crippen molar-refractivity contribution in [2.45, 2.75) is 58.2 Å². The molecular weight excluding hydrogens is 306 g/mol. The van der Waals surface area contributed by atoms with Crippen LogP contribution < -0.4 is 15.4 Å². The number of rotatable bonds is 3. The maximum absolute atomic E-state index is 12.7. The van der Waals surface area contributed by atoms with E-state index in [1.807, 2.05) is 6.07 Å². The molecule has 6 nitrogen and oxygen atoms in total. The first-order valence-corrected chi connectivity index (χ1v) is 8.64. The lowest BCUT2D eigenvalue weighted by atomic mass is 9.99. The Morgan fingerprint density at radius 3 is 2.92 bits per heavy atom. The molecule has 0 bridgehead atoms. The van der Waals surface area contributed by atoms with E-state index in [0.717, 1.165) is 25.8 Å². The lowest BCUT2D eigenvalue weighted by Crippen LogP contribution is -2.50. The van der Waals surface area contributed by atoms with Crippen molar-refractivity contribution in [3.8, 4) is 5.75 Å². The number of benzene rings is 1. The Hall–Kier alpha value is -2.08. The fraction of sp³-hybridized carbons (Fsp3) is 0.556. The average molecular weight is 331 g/mol. The van der Waals surface area contributed by atoms with Crippen LogP contribution in [0.5, 0.6) is 5.75 Å². The number of carbonyl (C=O) groups excluding carboxylic acids is 2. The van der Waals surface area contributed by atoms with Crippen LogP contribution in [-0.4, -0.2) is 41.4 Å². The quantitative estimate of drug-likeness (QED) is 0.893. The molecule has 1 aromatic rings.